The average Bonchev–Trinajstić information content (AvgIpc) is 2.38. The minimum absolute atomic E-state index is 0.0187. The zero-order chi connectivity index (χ0) is 13.8. The number of benzene rings is 2. The maximum Gasteiger partial charge on any atom is 0.289 e. The fraction of sp³-hybridized carbons (Fsp3) is 0. The van der Waals surface area contributed by atoms with Crippen LogP contribution in [0.5, 0.6) is 0 Å². The lowest BCUT2D eigenvalue weighted by Crippen LogP contribution is -1.96. The molecule has 2 aromatic carbocycles. The van der Waals surface area contributed by atoms with Crippen LogP contribution in [0.25, 0.3) is 0 Å². The maximum atomic E-state index is 13.0. The van der Waals surface area contributed by atoms with Crippen molar-refractivity contribution < 1.29 is 9.31 Å². The molecule has 0 aliphatic heterocycles. The molecule has 0 amide bonds. The monoisotopic (exact) mass is 257 g/mol. The summed E-state index contributed by atoms with van der Waals surface area (Å²) >= 11 is 0. The molecule has 1 N–H and O–H groups in total. The van der Waals surface area contributed by atoms with Gasteiger partial charge in [0.1, 0.15) is 17.4 Å². The van der Waals surface area contributed by atoms with Gasteiger partial charge >= 0.3 is 0 Å². The van der Waals surface area contributed by atoms with Crippen LogP contribution in [0.15, 0.2) is 42.5 Å². The summed E-state index contributed by atoms with van der Waals surface area (Å²) in [5.74, 6) is -0.409. The van der Waals surface area contributed by atoms with E-state index in [1.54, 1.807) is 12.1 Å². The summed E-state index contributed by atoms with van der Waals surface area (Å²) in [5, 5.41) is 22.4. The Morgan fingerprint density at radius 1 is 1.21 bits per heavy atom. The number of rotatable bonds is 3. The number of hydrogen-bond donors (Lipinski definition) is 1. The van der Waals surface area contributed by atoms with E-state index >= 15 is 0 Å². The molecule has 2 aromatic rings. The molecule has 0 fully saturated rings. The highest BCUT2D eigenvalue weighted by atomic mass is 19.1. The van der Waals surface area contributed by atoms with E-state index in [4.69, 9.17) is 5.26 Å². The Balaban J connectivity index is 2.34. The Morgan fingerprint density at radius 2 is 1.95 bits per heavy atom. The summed E-state index contributed by atoms with van der Waals surface area (Å²) in [6, 6.07) is 11.6. The van der Waals surface area contributed by atoms with Gasteiger partial charge < -0.3 is 5.32 Å². The first-order chi connectivity index (χ1) is 9.10. The van der Waals surface area contributed by atoms with E-state index in [2.05, 4.69) is 5.32 Å². The molecule has 0 aromatic heterocycles. The Morgan fingerprint density at radius 3 is 2.58 bits per heavy atom. The number of nitriles is 1. The van der Waals surface area contributed by atoms with Gasteiger partial charge in [-0.1, -0.05) is 6.07 Å². The molecular weight excluding hydrogens is 249 g/mol. The van der Waals surface area contributed by atoms with Gasteiger partial charge in [0.2, 0.25) is 0 Å². The van der Waals surface area contributed by atoms with Gasteiger partial charge in [-0.25, -0.2) is 4.39 Å². The van der Waals surface area contributed by atoms with Crippen LogP contribution >= 0.6 is 0 Å². The quantitative estimate of drug-likeness (QED) is 0.675. The average molecular weight is 257 g/mol. The predicted molar refractivity (Wildman–Crippen MR) is 67.5 cm³/mol. The van der Waals surface area contributed by atoms with Gasteiger partial charge in [-0.2, -0.15) is 5.26 Å². The zero-order valence-corrected chi connectivity index (χ0v) is 9.63. The van der Waals surface area contributed by atoms with Crippen molar-refractivity contribution in [3.63, 3.8) is 0 Å². The van der Waals surface area contributed by atoms with Crippen molar-refractivity contribution in [2.75, 3.05) is 5.32 Å². The SMILES string of the molecule is N#Cc1ccc(Nc2cccc(F)c2)cc1[N+](=O)[O-]. The van der Waals surface area contributed by atoms with Crippen molar-refractivity contribution in [2.45, 2.75) is 0 Å². The molecule has 19 heavy (non-hydrogen) atoms. The first-order valence-corrected chi connectivity index (χ1v) is 5.31. The van der Waals surface area contributed by atoms with Crippen LogP contribution in [-0.2, 0) is 0 Å². The molecule has 94 valence electrons. The Labute approximate surface area is 108 Å². The predicted octanol–water partition coefficient (Wildman–Crippen LogP) is 3.35. The number of nitro groups is 1. The Kier molecular flexibility index (Phi) is 3.39. The summed E-state index contributed by atoms with van der Waals surface area (Å²) < 4.78 is 13.0. The number of nitrogens with one attached hydrogen (secondary N) is 1. The minimum Gasteiger partial charge on any atom is -0.355 e. The van der Waals surface area contributed by atoms with Crippen molar-refractivity contribution in [1.29, 1.82) is 5.26 Å². The van der Waals surface area contributed by atoms with E-state index in [0.29, 0.717) is 11.4 Å². The standard InChI is InChI=1S/C13H8FN3O2/c14-10-2-1-3-11(6-10)16-12-5-4-9(8-15)13(7-12)17(18)19/h1-7,16H. The molecule has 0 unspecified atom stereocenters. The summed E-state index contributed by atoms with van der Waals surface area (Å²) in [5.41, 5.74) is 0.578. The minimum atomic E-state index is -0.630. The first-order valence-electron chi connectivity index (χ1n) is 5.31. The molecule has 0 spiro atoms. The maximum absolute atomic E-state index is 13.0. The molecule has 0 aliphatic carbocycles. The first kappa shape index (κ1) is 12.5. The van der Waals surface area contributed by atoms with Crippen LogP contribution in [0.4, 0.5) is 21.5 Å². The van der Waals surface area contributed by atoms with Crippen molar-refractivity contribution in [3.05, 3.63) is 64.0 Å². The van der Waals surface area contributed by atoms with Crippen molar-refractivity contribution >= 4 is 17.1 Å². The fourth-order valence-electron chi connectivity index (χ4n) is 1.59. The molecule has 0 saturated carbocycles. The van der Waals surface area contributed by atoms with Gasteiger partial charge in [-0.15, -0.1) is 0 Å². The third-order valence-electron chi connectivity index (χ3n) is 2.43. The molecule has 5 nitrogen and oxygen atoms in total. The summed E-state index contributed by atoms with van der Waals surface area (Å²) in [7, 11) is 0. The molecule has 0 saturated heterocycles. The molecule has 0 bridgehead atoms. The van der Waals surface area contributed by atoms with Crippen molar-refractivity contribution in [2.24, 2.45) is 0 Å². The summed E-state index contributed by atoms with van der Waals surface area (Å²) in [4.78, 5) is 10.2. The Hall–Kier alpha value is -2.94. The number of nitro benzene ring substituents is 1. The van der Waals surface area contributed by atoms with Gasteiger partial charge in [0, 0.05) is 17.4 Å². The molecule has 2 rings (SSSR count). The van der Waals surface area contributed by atoms with Gasteiger partial charge in [0.15, 0.2) is 0 Å². The van der Waals surface area contributed by atoms with Gasteiger partial charge in [0.25, 0.3) is 5.69 Å². The molecule has 0 heterocycles. The van der Waals surface area contributed by atoms with Crippen LogP contribution in [-0.4, -0.2) is 4.92 Å². The van der Waals surface area contributed by atoms with Crippen LogP contribution in [0.3, 0.4) is 0 Å². The molecule has 0 aliphatic rings. The van der Waals surface area contributed by atoms with E-state index < -0.39 is 10.7 Å². The van der Waals surface area contributed by atoms with E-state index in [0.717, 1.165) is 0 Å². The van der Waals surface area contributed by atoms with Crippen LogP contribution in [0.1, 0.15) is 5.56 Å². The highest BCUT2D eigenvalue weighted by Gasteiger charge is 2.14. The number of hydrogen-bond acceptors (Lipinski definition) is 4. The fourth-order valence-corrected chi connectivity index (χ4v) is 1.59. The second-order valence-electron chi connectivity index (χ2n) is 3.74. The second-order valence-corrected chi connectivity index (χ2v) is 3.74. The zero-order valence-electron chi connectivity index (χ0n) is 9.63. The summed E-state index contributed by atoms with van der Waals surface area (Å²) in [6.45, 7) is 0. The Bertz CT molecular complexity index is 680. The largest absolute Gasteiger partial charge is 0.355 e. The summed E-state index contributed by atoms with van der Waals surface area (Å²) in [6.07, 6.45) is 0. The molecular formula is C13H8FN3O2. The van der Waals surface area contributed by atoms with Crippen molar-refractivity contribution in [1.82, 2.24) is 0 Å². The smallest absolute Gasteiger partial charge is 0.289 e. The van der Waals surface area contributed by atoms with E-state index in [1.165, 1.54) is 36.4 Å². The van der Waals surface area contributed by atoms with Gasteiger partial charge in [0.05, 0.1) is 4.92 Å². The number of nitrogens with zero attached hydrogens (tertiary/aromatic N) is 2. The van der Waals surface area contributed by atoms with E-state index in [1.807, 2.05) is 0 Å². The number of anilines is 2. The van der Waals surface area contributed by atoms with Crippen LogP contribution in [0.2, 0.25) is 0 Å². The number of halogens is 1. The third kappa shape index (κ3) is 2.84. The van der Waals surface area contributed by atoms with Gasteiger partial charge in [-0.05, 0) is 30.3 Å². The normalized spacial score (nSPS) is 9.68. The third-order valence-corrected chi connectivity index (χ3v) is 2.43. The highest BCUT2D eigenvalue weighted by Crippen LogP contribution is 2.25. The van der Waals surface area contributed by atoms with Crippen LogP contribution < -0.4 is 5.32 Å². The topological polar surface area (TPSA) is 79.0 Å². The lowest BCUT2D eigenvalue weighted by Gasteiger charge is -2.06. The van der Waals surface area contributed by atoms with Crippen molar-refractivity contribution in [3.8, 4) is 6.07 Å². The molecule has 0 radical (unpaired) electrons. The lowest BCUT2D eigenvalue weighted by molar-refractivity contribution is -0.385. The van der Waals surface area contributed by atoms with E-state index in [-0.39, 0.29) is 11.3 Å². The van der Waals surface area contributed by atoms with Gasteiger partial charge in [-0.3, -0.25) is 10.1 Å². The molecule has 6 heteroatoms. The second kappa shape index (κ2) is 5.14. The lowest BCUT2D eigenvalue weighted by atomic mass is 10.1. The van der Waals surface area contributed by atoms with Crippen LogP contribution in [0, 0.1) is 27.3 Å². The van der Waals surface area contributed by atoms with E-state index in [9.17, 15) is 14.5 Å². The highest BCUT2D eigenvalue weighted by molar-refractivity contribution is 5.65. The molecule has 0 atom stereocenters.